The van der Waals surface area contributed by atoms with E-state index in [0.29, 0.717) is 30.4 Å². The summed E-state index contributed by atoms with van der Waals surface area (Å²) in [5.41, 5.74) is 3.37. The molecule has 1 aromatic carbocycles. The van der Waals surface area contributed by atoms with Gasteiger partial charge in [-0.25, -0.2) is 9.67 Å². The van der Waals surface area contributed by atoms with Crippen molar-refractivity contribution in [2.45, 2.75) is 19.9 Å². The van der Waals surface area contributed by atoms with Crippen LogP contribution in [0.4, 0.5) is 17.3 Å². The Balaban J connectivity index is 1.27. The van der Waals surface area contributed by atoms with Crippen LogP contribution in [0.5, 0.6) is 6.01 Å². The second kappa shape index (κ2) is 9.09. The number of benzene rings is 1. The van der Waals surface area contributed by atoms with Crippen molar-refractivity contribution >= 4 is 17.3 Å². The Morgan fingerprint density at radius 3 is 2.72 bits per heavy atom. The Hall–Kier alpha value is -3.24. The molecule has 0 saturated carbocycles. The van der Waals surface area contributed by atoms with E-state index in [1.165, 1.54) is 11.3 Å². The standard InChI is InChI=1S/C22H28N8O2/c1-3-32-22-23-5-4-20(26-22)30-15-24-21(27-30)25-17-10-16(2)11-18(12-17)28-6-8-29(9-7-28)19-13-31-14-19/h4-5,10-12,15,19H,3,6-9,13-14H2,1-2H3,(H,25,27). The third kappa shape index (κ3) is 4.51. The van der Waals surface area contributed by atoms with Gasteiger partial charge < -0.3 is 19.7 Å². The van der Waals surface area contributed by atoms with E-state index < -0.39 is 0 Å². The molecule has 32 heavy (non-hydrogen) atoms. The van der Waals surface area contributed by atoms with Crippen molar-refractivity contribution in [1.29, 1.82) is 0 Å². The quantitative estimate of drug-likeness (QED) is 0.597. The molecule has 10 heteroatoms. The lowest BCUT2D eigenvalue weighted by atomic mass is 10.1. The number of aromatic nitrogens is 5. The van der Waals surface area contributed by atoms with Crippen molar-refractivity contribution in [3.63, 3.8) is 0 Å². The molecule has 1 N–H and O–H groups in total. The lowest BCUT2D eigenvalue weighted by Gasteiger charge is -2.43. The summed E-state index contributed by atoms with van der Waals surface area (Å²) >= 11 is 0. The summed E-state index contributed by atoms with van der Waals surface area (Å²) < 4.78 is 12.3. The smallest absolute Gasteiger partial charge is 0.318 e. The Labute approximate surface area is 187 Å². The van der Waals surface area contributed by atoms with Gasteiger partial charge in [-0.15, -0.1) is 5.10 Å². The number of aryl methyl sites for hydroxylation is 1. The van der Waals surface area contributed by atoms with Gasteiger partial charge in [0.1, 0.15) is 6.33 Å². The molecule has 2 aliphatic heterocycles. The van der Waals surface area contributed by atoms with E-state index in [2.05, 4.69) is 60.3 Å². The van der Waals surface area contributed by atoms with Crippen LogP contribution in [0.1, 0.15) is 12.5 Å². The van der Waals surface area contributed by atoms with Gasteiger partial charge in [0.2, 0.25) is 5.95 Å². The molecule has 4 heterocycles. The minimum atomic E-state index is 0.322. The summed E-state index contributed by atoms with van der Waals surface area (Å²) in [6, 6.07) is 9.18. The van der Waals surface area contributed by atoms with Gasteiger partial charge in [0.15, 0.2) is 5.82 Å². The number of rotatable bonds is 7. The van der Waals surface area contributed by atoms with Gasteiger partial charge in [0.05, 0.1) is 25.9 Å². The molecule has 0 atom stereocenters. The number of piperazine rings is 1. The zero-order chi connectivity index (χ0) is 21.9. The fourth-order valence-corrected chi connectivity index (χ4v) is 4.01. The second-order valence-electron chi connectivity index (χ2n) is 8.04. The Morgan fingerprint density at radius 1 is 1.12 bits per heavy atom. The summed E-state index contributed by atoms with van der Waals surface area (Å²) in [7, 11) is 0. The Kier molecular flexibility index (Phi) is 5.87. The van der Waals surface area contributed by atoms with Crippen LogP contribution in [0.3, 0.4) is 0 Å². The molecule has 2 aromatic heterocycles. The molecule has 168 valence electrons. The third-order valence-corrected chi connectivity index (χ3v) is 5.75. The van der Waals surface area contributed by atoms with Gasteiger partial charge >= 0.3 is 6.01 Å². The zero-order valence-electron chi connectivity index (χ0n) is 18.4. The van der Waals surface area contributed by atoms with Gasteiger partial charge in [-0.2, -0.15) is 9.97 Å². The Bertz CT molecular complexity index is 1060. The molecule has 2 aliphatic rings. The molecule has 0 amide bonds. The number of nitrogens with one attached hydrogen (secondary N) is 1. The molecule has 0 bridgehead atoms. The molecule has 5 rings (SSSR count). The molecular formula is C22H28N8O2. The van der Waals surface area contributed by atoms with Gasteiger partial charge in [0, 0.05) is 49.8 Å². The highest BCUT2D eigenvalue weighted by Gasteiger charge is 2.29. The number of nitrogens with zero attached hydrogens (tertiary/aromatic N) is 7. The zero-order valence-corrected chi connectivity index (χ0v) is 18.4. The first-order valence-electron chi connectivity index (χ1n) is 11.0. The minimum absolute atomic E-state index is 0.322. The lowest BCUT2D eigenvalue weighted by Crippen LogP contribution is -2.56. The minimum Gasteiger partial charge on any atom is -0.464 e. The van der Waals surface area contributed by atoms with Crippen LogP contribution in [-0.4, -0.2) is 81.7 Å². The van der Waals surface area contributed by atoms with Crippen molar-refractivity contribution in [3.8, 4) is 11.8 Å². The van der Waals surface area contributed by atoms with Crippen LogP contribution in [0.15, 0.2) is 36.8 Å². The van der Waals surface area contributed by atoms with E-state index in [0.717, 1.165) is 45.1 Å². The SMILES string of the molecule is CCOc1nccc(-n2cnc(Nc3cc(C)cc(N4CCN(C5COC5)CC4)c3)n2)n1. The van der Waals surface area contributed by atoms with Crippen molar-refractivity contribution in [2.24, 2.45) is 0 Å². The van der Waals surface area contributed by atoms with Crippen LogP contribution in [0.2, 0.25) is 0 Å². The monoisotopic (exact) mass is 436 g/mol. The third-order valence-electron chi connectivity index (χ3n) is 5.75. The first kappa shape index (κ1) is 20.7. The van der Waals surface area contributed by atoms with Gasteiger partial charge in [0.25, 0.3) is 0 Å². The molecule has 0 unspecified atom stereocenters. The van der Waals surface area contributed by atoms with Gasteiger partial charge in [-0.3, -0.25) is 4.90 Å². The van der Waals surface area contributed by atoms with E-state index >= 15 is 0 Å². The van der Waals surface area contributed by atoms with Crippen molar-refractivity contribution in [1.82, 2.24) is 29.6 Å². The predicted octanol–water partition coefficient (Wildman–Crippen LogP) is 2.03. The maximum atomic E-state index is 5.37. The van der Waals surface area contributed by atoms with E-state index in [-0.39, 0.29) is 0 Å². The summed E-state index contributed by atoms with van der Waals surface area (Å²) in [4.78, 5) is 17.8. The van der Waals surface area contributed by atoms with Crippen molar-refractivity contribution < 1.29 is 9.47 Å². The first-order chi connectivity index (χ1) is 15.7. The van der Waals surface area contributed by atoms with E-state index in [1.807, 2.05) is 6.92 Å². The second-order valence-corrected chi connectivity index (χ2v) is 8.04. The largest absolute Gasteiger partial charge is 0.464 e. The van der Waals surface area contributed by atoms with Crippen LogP contribution >= 0.6 is 0 Å². The fourth-order valence-electron chi connectivity index (χ4n) is 4.01. The maximum absolute atomic E-state index is 5.37. The number of anilines is 3. The number of hydrogen-bond acceptors (Lipinski definition) is 9. The molecule has 0 spiro atoms. The van der Waals surface area contributed by atoms with E-state index in [4.69, 9.17) is 9.47 Å². The fraction of sp³-hybridized carbons (Fsp3) is 0.455. The van der Waals surface area contributed by atoms with Crippen LogP contribution < -0.4 is 15.0 Å². The highest BCUT2D eigenvalue weighted by molar-refractivity contribution is 5.64. The van der Waals surface area contributed by atoms with E-state index in [9.17, 15) is 0 Å². The van der Waals surface area contributed by atoms with E-state index in [1.54, 1.807) is 23.3 Å². The highest BCUT2D eigenvalue weighted by atomic mass is 16.5. The van der Waals surface area contributed by atoms with Gasteiger partial charge in [-0.05, 0) is 37.6 Å². The summed E-state index contributed by atoms with van der Waals surface area (Å²) in [6.07, 6.45) is 3.27. The van der Waals surface area contributed by atoms with Crippen LogP contribution in [-0.2, 0) is 4.74 Å². The number of ether oxygens (including phenoxy) is 2. The lowest BCUT2D eigenvalue weighted by molar-refractivity contribution is -0.0660. The molecule has 3 aromatic rings. The van der Waals surface area contributed by atoms with Crippen LogP contribution in [0, 0.1) is 6.92 Å². The molecule has 10 nitrogen and oxygen atoms in total. The average molecular weight is 437 g/mol. The normalized spacial score (nSPS) is 17.2. The average Bonchev–Trinajstić information content (AvgIpc) is 3.22. The number of hydrogen-bond donors (Lipinski definition) is 1. The molecule has 2 saturated heterocycles. The van der Waals surface area contributed by atoms with Crippen molar-refractivity contribution in [3.05, 3.63) is 42.4 Å². The van der Waals surface area contributed by atoms with Crippen LogP contribution in [0.25, 0.3) is 5.82 Å². The summed E-state index contributed by atoms with van der Waals surface area (Å²) in [5.74, 6) is 1.11. The maximum Gasteiger partial charge on any atom is 0.318 e. The molecule has 0 aliphatic carbocycles. The molecular weight excluding hydrogens is 408 g/mol. The van der Waals surface area contributed by atoms with Crippen molar-refractivity contribution in [2.75, 3.05) is 56.2 Å². The highest BCUT2D eigenvalue weighted by Crippen LogP contribution is 2.26. The van der Waals surface area contributed by atoms with Gasteiger partial charge in [-0.1, -0.05) is 0 Å². The topological polar surface area (TPSA) is 93.5 Å². The summed E-state index contributed by atoms with van der Waals surface area (Å²) in [5, 5.41) is 7.84. The molecule has 0 radical (unpaired) electrons. The first-order valence-corrected chi connectivity index (χ1v) is 11.0. The summed E-state index contributed by atoms with van der Waals surface area (Å²) in [6.45, 7) is 10.4. The Morgan fingerprint density at radius 2 is 1.97 bits per heavy atom. The predicted molar refractivity (Wildman–Crippen MR) is 121 cm³/mol. The molecule has 2 fully saturated rings.